The van der Waals surface area contributed by atoms with Gasteiger partial charge < -0.3 is 0 Å². The summed E-state index contributed by atoms with van der Waals surface area (Å²) < 4.78 is 0. The van der Waals surface area contributed by atoms with Crippen LogP contribution in [-0.2, 0) is 0 Å². The normalized spacial score (nSPS) is 11.8. The van der Waals surface area contributed by atoms with Crippen LogP contribution in [0.25, 0.3) is 261 Å². The Labute approximate surface area is 741 Å². The third-order valence-electron chi connectivity index (χ3n) is 27.2. The first-order valence-electron chi connectivity index (χ1n) is 44.5. The molecule has 0 aliphatic rings. The van der Waals surface area contributed by atoms with Gasteiger partial charge in [-0.3, -0.25) is 0 Å². The van der Waals surface area contributed by atoms with E-state index in [1.165, 1.54) is 261 Å². The molecule has 0 unspecified atom stereocenters. The fraction of sp³-hybridized carbons (Fsp3) is 0. The molecular weight excluding hydrogens is 1540 g/mol. The zero-order valence-corrected chi connectivity index (χ0v) is 70.2. The van der Waals surface area contributed by atoms with E-state index in [1.807, 2.05) is 0 Å². The minimum Gasteiger partial charge on any atom is -0.0616 e. The van der Waals surface area contributed by atoms with E-state index < -0.39 is 0 Å². The van der Waals surface area contributed by atoms with E-state index in [-0.39, 0.29) is 0 Å². The molecule has 128 heavy (non-hydrogen) atoms. The summed E-state index contributed by atoms with van der Waals surface area (Å²) in [6, 6.07) is 178. The van der Waals surface area contributed by atoms with E-state index in [0.717, 1.165) is 0 Å². The van der Waals surface area contributed by atoms with E-state index in [0.29, 0.717) is 0 Å². The van der Waals surface area contributed by atoms with Crippen LogP contribution in [0.4, 0.5) is 0 Å². The van der Waals surface area contributed by atoms with Crippen molar-refractivity contribution in [2.45, 2.75) is 0 Å². The highest BCUT2D eigenvalue weighted by Gasteiger charge is 2.24. The van der Waals surface area contributed by atoms with E-state index in [2.05, 4.69) is 485 Å². The van der Waals surface area contributed by atoms with Gasteiger partial charge in [0.1, 0.15) is 0 Å². The van der Waals surface area contributed by atoms with Gasteiger partial charge in [-0.2, -0.15) is 0 Å². The molecule has 592 valence electrons. The fourth-order valence-electron chi connectivity index (χ4n) is 21.5. The molecule has 0 saturated carbocycles. The van der Waals surface area contributed by atoms with Crippen LogP contribution >= 0.6 is 0 Å². The lowest BCUT2D eigenvalue weighted by atomic mass is 9.82. The average Bonchev–Trinajstić information content (AvgIpc) is 0.715. The summed E-state index contributed by atoms with van der Waals surface area (Å²) in [6.45, 7) is 0. The first-order chi connectivity index (χ1) is 63.5. The van der Waals surface area contributed by atoms with E-state index in [9.17, 15) is 0 Å². The molecule has 27 rings (SSSR count). The Balaban J connectivity index is 0.000000104. The Bertz CT molecular complexity index is 9010. The largest absolute Gasteiger partial charge is 0.0616 e. The Morgan fingerprint density at radius 2 is 0.352 bits per heavy atom. The highest BCUT2D eigenvalue weighted by molar-refractivity contribution is 6.31. The summed E-state index contributed by atoms with van der Waals surface area (Å²) in [5.41, 5.74) is 20.3. The van der Waals surface area contributed by atoms with Crippen molar-refractivity contribution in [3.8, 4) is 89.0 Å². The predicted octanol–water partition coefficient (Wildman–Crippen LogP) is 36.3. The van der Waals surface area contributed by atoms with Crippen molar-refractivity contribution in [1.82, 2.24) is 0 Å². The van der Waals surface area contributed by atoms with Crippen molar-refractivity contribution in [3.05, 3.63) is 485 Å². The minimum absolute atomic E-state index is 1.23. The lowest BCUT2D eigenvalue weighted by Crippen LogP contribution is -1.93. The van der Waals surface area contributed by atoms with Crippen molar-refractivity contribution in [1.29, 1.82) is 0 Å². The van der Waals surface area contributed by atoms with Gasteiger partial charge >= 0.3 is 0 Å². The van der Waals surface area contributed by atoms with E-state index in [4.69, 9.17) is 0 Å². The van der Waals surface area contributed by atoms with Gasteiger partial charge in [-0.15, -0.1) is 0 Å². The number of hydrogen-bond acceptors (Lipinski definition) is 0. The molecule has 0 heterocycles. The molecule has 0 radical (unpaired) electrons. The molecule has 0 fully saturated rings. The second-order valence-corrected chi connectivity index (χ2v) is 34.2. The first kappa shape index (κ1) is 74.0. The third-order valence-corrected chi connectivity index (χ3v) is 27.2. The summed E-state index contributed by atoms with van der Waals surface area (Å²) in [7, 11) is 0. The monoisotopic (exact) mass is 1620 g/mol. The zero-order valence-electron chi connectivity index (χ0n) is 70.2. The second kappa shape index (κ2) is 30.7. The molecule has 0 bridgehead atoms. The van der Waals surface area contributed by atoms with Gasteiger partial charge in [-0.25, -0.2) is 0 Å². The van der Waals surface area contributed by atoms with Gasteiger partial charge in [0.15, 0.2) is 0 Å². The maximum absolute atomic E-state index is 2.39. The van der Waals surface area contributed by atoms with Crippen LogP contribution in [0, 0.1) is 0 Å². The lowest BCUT2D eigenvalue weighted by molar-refractivity contribution is 1.64. The summed E-state index contributed by atoms with van der Waals surface area (Å²) >= 11 is 0. The molecule has 0 N–H and O–H groups in total. The van der Waals surface area contributed by atoms with Gasteiger partial charge in [0, 0.05) is 0 Å². The summed E-state index contributed by atoms with van der Waals surface area (Å²) in [5, 5.41) is 41.2. The lowest BCUT2D eigenvalue weighted by Gasteiger charge is -2.20. The highest BCUT2D eigenvalue weighted by atomic mass is 14.3. The molecule has 27 aromatic carbocycles. The van der Waals surface area contributed by atoms with E-state index >= 15 is 0 Å². The van der Waals surface area contributed by atoms with Crippen LogP contribution in [0.15, 0.2) is 485 Å². The molecule has 0 aliphatic carbocycles. The molecule has 27 aromatic rings. The molecule has 0 aliphatic heterocycles. The van der Waals surface area contributed by atoms with Crippen LogP contribution in [0.5, 0.6) is 0 Å². The number of rotatable bonds is 8. The van der Waals surface area contributed by atoms with Crippen LogP contribution in [0.1, 0.15) is 0 Å². The van der Waals surface area contributed by atoms with Gasteiger partial charge in [-0.05, 0) is 292 Å². The number of hydrogen-bond donors (Lipinski definition) is 0. The van der Waals surface area contributed by atoms with Crippen LogP contribution < -0.4 is 0 Å². The van der Waals surface area contributed by atoms with Crippen LogP contribution in [-0.4, -0.2) is 0 Å². The topological polar surface area (TPSA) is 0 Å². The summed E-state index contributed by atoms with van der Waals surface area (Å²) in [4.78, 5) is 0. The van der Waals surface area contributed by atoms with Crippen molar-refractivity contribution < 1.29 is 0 Å². The quantitative estimate of drug-likeness (QED) is 0.105. The Morgan fingerprint density at radius 3 is 0.805 bits per heavy atom. The smallest absolute Gasteiger partial charge is 0.00201 e. The Kier molecular flexibility index (Phi) is 17.8. The molecular formula is C128H80. The van der Waals surface area contributed by atoms with Crippen molar-refractivity contribution in [3.63, 3.8) is 0 Å². The van der Waals surface area contributed by atoms with Crippen LogP contribution in [0.3, 0.4) is 0 Å². The third kappa shape index (κ3) is 12.3. The van der Waals surface area contributed by atoms with E-state index in [1.54, 1.807) is 0 Å². The second-order valence-electron chi connectivity index (χ2n) is 34.2. The number of benzene rings is 27. The molecule has 0 spiro atoms. The van der Waals surface area contributed by atoms with Crippen LogP contribution in [0.2, 0.25) is 0 Å². The minimum atomic E-state index is 1.23. The Morgan fingerprint density at radius 1 is 0.0859 bits per heavy atom. The van der Waals surface area contributed by atoms with Crippen molar-refractivity contribution in [2.24, 2.45) is 0 Å². The van der Waals surface area contributed by atoms with Crippen molar-refractivity contribution >= 4 is 172 Å². The average molecular weight is 1620 g/mol. The molecule has 0 atom stereocenters. The Hall–Kier alpha value is -16.6. The fourth-order valence-corrected chi connectivity index (χ4v) is 21.5. The number of fused-ring (bicyclic) bond motifs is 15. The summed E-state index contributed by atoms with van der Waals surface area (Å²) in [6.07, 6.45) is 0. The van der Waals surface area contributed by atoms with Gasteiger partial charge in [0.05, 0.1) is 0 Å². The summed E-state index contributed by atoms with van der Waals surface area (Å²) in [5.74, 6) is 0. The van der Waals surface area contributed by atoms with Gasteiger partial charge in [0.25, 0.3) is 0 Å². The maximum Gasteiger partial charge on any atom is -0.00201 e. The molecule has 0 saturated heterocycles. The zero-order chi connectivity index (χ0) is 84.3. The van der Waals surface area contributed by atoms with Gasteiger partial charge in [-0.1, -0.05) is 455 Å². The van der Waals surface area contributed by atoms with Gasteiger partial charge in [0.2, 0.25) is 0 Å². The molecule has 0 amide bonds. The molecule has 0 aromatic heterocycles. The molecule has 0 nitrogen and oxygen atoms in total. The standard InChI is InChI=1S/2C44H28.C40H24/c1-2-13-30-26-34(25-24-29(30)12-1)44-40-22-9-7-20-38(40)43(39-21-8-10-23-41(39)44)33-16-11-15-31(27-33)42-28-32-14-3-4-17-35(32)36-18-5-6-19-37(36)42;1-2-12-32-27-34(26-21-29(32)11-1)44-40-19-9-7-17-38(40)43(39-18-8-10-20-41(39)44)31-24-22-30(23-25-31)42-28-33-13-3-4-14-35(33)36-15-5-6-16-37(36)42;1-2-13-29-25(9-1)10-8-18-30(29)39-31-14-3-5-16-33(31)40(34-17-6-4-15-32(34)39)36-24-22-28-20-19-26-11-7-12-27-21-23-35(36)38(28)37(26)27/h2*1-28H;1-24H. The molecule has 0 heteroatoms. The predicted molar refractivity (Wildman–Crippen MR) is 554 cm³/mol. The first-order valence-corrected chi connectivity index (χ1v) is 44.5. The maximum atomic E-state index is 2.39. The van der Waals surface area contributed by atoms with Crippen molar-refractivity contribution in [2.75, 3.05) is 0 Å². The highest BCUT2D eigenvalue weighted by Crippen LogP contribution is 2.52. The SMILES string of the molecule is c1cc(-c2c3ccccc3c(-c3ccc4ccccc4c3)c3ccccc23)cc(-c2cc3ccccc3c3ccccc23)c1.c1ccc2c(-c3c4ccccc4c(-c4ccc5ccc6cccc7ccc4c5c67)c4ccccc34)cccc2c1.c1ccc2cc(-c3c4ccccc4c(-c4ccc(-c5cc6ccccc6c6ccccc56)cc4)c4ccccc34)ccc2c1.